The van der Waals surface area contributed by atoms with Gasteiger partial charge in [-0.05, 0) is 0 Å². The predicted molar refractivity (Wildman–Crippen MR) is 54.3 cm³/mol. The highest BCUT2D eigenvalue weighted by atomic mass is 32.2. The van der Waals surface area contributed by atoms with Crippen molar-refractivity contribution in [3.63, 3.8) is 0 Å². The van der Waals surface area contributed by atoms with Gasteiger partial charge in [-0.3, -0.25) is 4.72 Å². The molecule has 2 heterocycles. The third kappa shape index (κ3) is 1.73. The van der Waals surface area contributed by atoms with Crippen LogP contribution in [0.1, 0.15) is 0 Å². The van der Waals surface area contributed by atoms with Crippen molar-refractivity contribution in [2.24, 2.45) is 15.0 Å². The van der Waals surface area contributed by atoms with E-state index in [1.165, 1.54) is 18.5 Å². The largest absolute Gasteiger partial charge is 0.467 e. The summed E-state index contributed by atoms with van der Waals surface area (Å²) in [5, 5.41) is 0. The average Bonchev–Trinajstić information content (AvgIpc) is 2.26. The summed E-state index contributed by atoms with van der Waals surface area (Å²) in [5.41, 5.74) is 0. The van der Waals surface area contributed by atoms with E-state index in [0.717, 1.165) is 12.1 Å². The van der Waals surface area contributed by atoms with Crippen molar-refractivity contribution in [3.8, 4) is 0 Å². The van der Waals surface area contributed by atoms with Gasteiger partial charge in [0.15, 0.2) is 0 Å². The van der Waals surface area contributed by atoms with E-state index >= 15 is 0 Å². The number of amides is 2. The molecule has 0 radical (unpaired) electrons. The minimum Gasteiger partial charge on any atom is -0.467 e. The second-order valence-electron chi connectivity index (χ2n) is 2.40. The molecule has 15 heavy (non-hydrogen) atoms. The fourth-order valence-electron chi connectivity index (χ4n) is 0.937. The van der Waals surface area contributed by atoms with Crippen LogP contribution in [-0.4, -0.2) is 42.6 Å². The normalized spacial score (nSPS) is 19.5. The summed E-state index contributed by atoms with van der Waals surface area (Å²) in [6.07, 6.45) is 0. The molecule has 0 saturated carbocycles. The van der Waals surface area contributed by atoms with Crippen LogP contribution in [0.5, 0.6) is 0 Å². The Hall–Kier alpha value is -1.77. The van der Waals surface area contributed by atoms with E-state index in [2.05, 4.69) is 19.7 Å². The van der Waals surface area contributed by atoms with Gasteiger partial charge < -0.3 is 9.47 Å². The lowest BCUT2D eigenvalue weighted by molar-refractivity contribution is 0.253. The van der Waals surface area contributed by atoms with Gasteiger partial charge in [0.1, 0.15) is 0 Å². The quantitative estimate of drug-likeness (QED) is 0.588. The molecule has 0 spiro atoms. The second kappa shape index (κ2) is 3.77. The number of carbonyl (C=O) groups is 1. The van der Waals surface area contributed by atoms with E-state index in [-0.39, 0.29) is 18.0 Å². The van der Waals surface area contributed by atoms with Gasteiger partial charge >= 0.3 is 18.1 Å². The summed E-state index contributed by atoms with van der Waals surface area (Å²) in [7, 11) is 2.87. The SMILES string of the molecule is COC1=NC2=NC(=O)NSN2C(OC)=N1. The summed E-state index contributed by atoms with van der Waals surface area (Å²) < 4.78 is 13.7. The first kappa shape index (κ1) is 9.77. The van der Waals surface area contributed by atoms with E-state index in [1.807, 2.05) is 0 Å². The molecule has 2 aliphatic heterocycles. The van der Waals surface area contributed by atoms with Crippen LogP contribution in [0.2, 0.25) is 0 Å². The summed E-state index contributed by atoms with van der Waals surface area (Å²) >= 11 is 0.985. The molecule has 0 unspecified atom stereocenters. The van der Waals surface area contributed by atoms with Gasteiger partial charge in [-0.1, -0.05) is 0 Å². The topological polar surface area (TPSA) is 87.9 Å². The van der Waals surface area contributed by atoms with Crippen molar-refractivity contribution >= 4 is 36.2 Å². The van der Waals surface area contributed by atoms with Crippen molar-refractivity contribution in [1.82, 2.24) is 9.03 Å². The van der Waals surface area contributed by atoms with Crippen molar-refractivity contribution in [1.29, 1.82) is 0 Å². The monoisotopic (exact) mass is 229 g/mol. The van der Waals surface area contributed by atoms with Gasteiger partial charge in [0.2, 0.25) is 0 Å². The minimum atomic E-state index is -0.484. The zero-order chi connectivity index (χ0) is 10.8. The first-order valence-electron chi connectivity index (χ1n) is 3.85. The number of ether oxygens (including phenoxy) is 2. The number of fused-ring (bicyclic) bond motifs is 1. The zero-order valence-corrected chi connectivity index (χ0v) is 8.74. The molecule has 0 aromatic rings. The molecule has 1 N–H and O–H groups in total. The Balaban J connectivity index is 2.38. The maximum atomic E-state index is 11.0. The molecule has 0 saturated heterocycles. The van der Waals surface area contributed by atoms with E-state index in [9.17, 15) is 4.79 Å². The van der Waals surface area contributed by atoms with E-state index in [4.69, 9.17) is 9.47 Å². The Kier molecular flexibility index (Phi) is 2.46. The fourth-order valence-corrected chi connectivity index (χ4v) is 1.51. The Bertz CT molecular complexity index is 390. The third-order valence-corrected chi connectivity index (χ3v) is 2.30. The Labute approximate surface area is 89.3 Å². The number of rotatable bonds is 0. The summed E-state index contributed by atoms with van der Waals surface area (Å²) in [4.78, 5) is 22.4. The fraction of sp³-hybridized carbons (Fsp3) is 0.333. The molecule has 2 aliphatic rings. The van der Waals surface area contributed by atoms with Crippen LogP contribution in [0, 0.1) is 0 Å². The third-order valence-electron chi connectivity index (χ3n) is 1.53. The Morgan fingerprint density at radius 1 is 1.27 bits per heavy atom. The summed E-state index contributed by atoms with van der Waals surface area (Å²) in [5.74, 6) is 0.174. The minimum absolute atomic E-state index is 0.0946. The van der Waals surface area contributed by atoms with Gasteiger partial charge in [0.25, 0.3) is 5.96 Å². The summed E-state index contributed by atoms with van der Waals surface area (Å²) in [6.45, 7) is 0. The zero-order valence-electron chi connectivity index (χ0n) is 7.92. The Morgan fingerprint density at radius 3 is 2.73 bits per heavy atom. The van der Waals surface area contributed by atoms with Crippen LogP contribution in [-0.2, 0) is 9.47 Å². The summed E-state index contributed by atoms with van der Waals surface area (Å²) in [6, 6.07) is -0.148. The number of nitrogens with zero attached hydrogens (tertiary/aromatic N) is 4. The standard InChI is InChI=1S/C6H7N5O3S/c1-13-5-8-3-7-4(12)10-15-11(3)6(9-5)14-2/h1-2H3,(H,10,12). The number of aliphatic imine (C=N–C) groups is 3. The van der Waals surface area contributed by atoms with Gasteiger partial charge in [-0.15, -0.1) is 4.99 Å². The first-order chi connectivity index (χ1) is 7.24. The molecule has 0 bridgehead atoms. The number of nitrogens with one attached hydrogen (secondary N) is 1. The van der Waals surface area contributed by atoms with Gasteiger partial charge in [0, 0.05) is 0 Å². The molecule has 0 aliphatic carbocycles. The first-order valence-corrected chi connectivity index (χ1v) is 4.63. The van der Waals surface area contributed by atoms with Crippen molar-refractivity contribution in [2.75, 3.05) is 14.2 Å². The molecule has 0 fully saturated rings. The van der Waals surface area contributed by atoms with E-state index in [1.54, 1.807) is 0 Å². The number of amidine groups is 2. The van der Waals surface area contributed by atoms with Crippen LogP contribution >= 0.6 is 12.1 Å². The van der Waals surface area contributed by atoms with Crippen molar-refractivity contribution in [2.45, 2.75) is 0 Å². The van der Waals surface area contributed by atoms with Crippen LogP contribution in [0.4, 0.5) is 4.79 Å². The lowest BCUT2D eigenvalue weighted by atomic mass is 10.8. The number of guanidine groups is 1. The van der Waals surface area contributed by atoms with Gasteiger partial charge in [-0.2, -0.15) is 14.3 Å². The maximum Gasteiger partial charge on any atom is 0.355 e. The predicted octanol–water partition coefficient (Wildman–Crippen LogP) is -0.0508. The van der Waals surface area contributed by atoms with Crippen LogP contribution < -0.4 is 4.72 Å². The molecular weight excluding hydrogens is 222 g/mol. The number of hydrogen-bond donors (Lipinski definition) is 1. The molecule has 2 amide bonds. The lowest BCUT2D eigenvalue weighted by Crippen LogP contribution is -2.42. The highest BCUT2D eigenvalue weighted by Gasteiger charge is 2.30. The number of carbonyl (C=O) groups excluding carboxylic acids is 1. The number of methoxy groups -OCH3 is 2. The van der Waals surface area contributed by atoms with E-state index < -0.39 is 6.03 Å². The van der Waals surface area contributed by atoms with Crippen LogP contribution in [0.3, 0.4) is 0 Å². The Morgan fingerprint density at radius 2 is 2.07 bits per heavy atom. The van der Waals surface area contributed by atoms with Crippen LogP contribution in [0.15, 0.2) is 15.0 Å². The highest BCUT2D eigenvalue weighted by Crippen LogP contribution is 2.18. The van der Waals surface area contributed by atoms with Gasteiger partial charge in [0.05, 0.1) is 26.4 Å². The smallest absolute Gasteiger partial charge is 0.355 e. The number of urea groups is 1. The molecule has 8 nitrogen and oxygen atoms in total. The van der Waals surface area contributed by atoms with Crippen molar-refractivity contribution in [3.05, 3.63) is 0 Å². The average molecular weight is 229 g/mol. The van der Waals surface area contributed by atoms with Crippen molar-refractivity contribution < 1.29 is 14.3 Å². The lowest BCUT2D eigenvalue weighted by Gasteiger charge is -2.26. The van der Waals surface area contributed by atoms with Crippen LogP contribution in [0.25, 0.3) is 0 Å². The molecule has 2 rings (SSSR count). The van der Waals surface area contributed by atoms with Gasteiger partial charge in [-0.25, -0.2) is 4.79 Å². The highest BCUT2D eigenvalue weighted by molar-refractivity contribution is 7.96. The molecule has 0 aromatic carbocycles. The maximum absolute atomic E-state index is 11.0. The molecule has 9 heteroatoms. The molecular formula is C6H7N5O3S. The second-order valence-corrected chi connectivity index (χ2v) is 3.15. The van der Waals surface area contributed by atoms with E-state index in [0.29, 0.717) is 0 Å². The number of hydrogen-bond acceptors (Lipinski definition) is 7. The molecule has 80 valence electrons. The molecule has 0 aromatic heterocycles. The molecule has 0 atom stereocenters.